The van der Waals surface area contributed by atoms with Gasteiger partial charge >= 0.3 is 0 Å². The fourth-order valence-electron chi connectivity index (χ4n) is 8.58. The normalized spacial score (nSPS) is 45.4. The first-order chi connectivity index (χ1) is 15.3. The Labute approximate surface area is 195 Å². The van der Waals surface area contributed by atoms with Crippen molar-refractivity contribution in [2.45, 2.75) is 91.0 Å². The summed E-state index contributed by atoms with van der Waals surface area (Å²) in [4.78, 5) is 0. The summed E-state index contributed by atoms with van der Waals surface area (Å²) in [6, 6.07) is 0. The van der Waals surface area contributed by atoms with Crippen molar-refractivity contribution in [3.8, 4) is 0 Å². The van der Waals surface area contributed by atoms with Crippen molar-refractivity contribution in [1.82, 2.24) is 0 Å². The van der Waals surface area contributed by atoms with Crippen LogP contribution in [0.4, 0.5) is 0 Å². The van der Waals surface area contributed by atoms with E-state index in [1.807, 2.05) is 6.92 Å². The molecule has 4 aliphatic carbocycles. The Balaban J connectivity index is 1.61. The van der Waals surface area contributed by atoms with Gasteiger partial charge in [0.1, 0.15) is 13.6 Å². The molecule has 32 heavy (non-hydrogen) atoms. The molecule has 4 aliphatic rings. The number of hydrogen-bond donors (Lipinski definition) is 1. The van der Waals surface area contributed by atoms with Gasteiger partial charge in [-0.3, -0.25) is 0 Å². The van der Waals surface area contributed by atoms with Crippen LogP contribution in [0.1, 0.15) is 72.6 Å². The van der Waals surface area contributed by atoms with Crippen molar-refractivity contribution in [2.24, 2.45) is 40.4 Å². The predicted molar refractivity (Wildman–Crippen MR) is 125 cm³/mol. The molecular weight excluding hydrogens is 404 g/mol. The van der Waals surface area contributed by atoms with Crippen molar-refractivity contribution in [1.29, 1.82) is 0 Å². The standard InChI is InChI=1S/C27H46O5/c1-17(18(2)28)22-9-10-23-21-8-7-19-13-20(31-15-29-5)14-25(32-16-30-6)27(19,4)24(21)11-12-26(22,23)3/h7,17-18,20-25,28H,8-16H2,1-6H3/t17-,18?,20-,21+,22-,23+,24+,25+,26-,27+/m1/s1. The summed E-state index contributed by atoms with van der Waals surface area (Å²) < 4.78 is 22.9. The van der Waals surface area contributed by atoms with Gasteiger partial charge in [-0.25, -0.2) is 0 Å². The van der Waals surface area contributed by atoms with Gasteiger partial charge in [0, 0.05) is 26.1 Å². The van der Waals surface area contributed by atoms with Gasteiger partial charge in [0.15, 0.2) is 0 Å². The number of rotatable bonds is 8. The molecule has 4 rings (SSSR count). The summed E-state index contributed by atoms with van der Waals surface area (Å²) in [6.45, 7) is 9.92. The molecule has 0 amide bonds. The molecule has 0 aromatic rings. The highest BCUT2D eigenvalue weighted by molar-refractivity contribution is 5.28. The monoisotopic (exact) mass is 450 g/mol. The van der Waals surface area contributed by atoms with E-state index in [4.69, 9.17) is 18.9 Å². The van der Waals surface area contributed by atoms with Gasteiger partial charge in [-0.1, -0.05) is 32.4 Å². The first-order valence-electron chi connectivity index (χ1n) is 12.9. The third-order valence-corrected chi connectivity index (χ3v) is 10.4. The van der Waals surface area contributed by atoms with Crippen molar-refractivity contribution in [2.75, 3.05) is 27.8 Å². The second kappa shape index (κ2) is 9.65. The van der Waals surface area contributed by atoms with Crippen LogP contribution in [0.15, 0.2) is 11.6 Å². The first-order valence-corrected chi connectivity index (χ1v) is 12.9. The highest BCUT2D eigenvalue weighted by Gasteiger charge is 2.61. The van der Waals surface area contributed by atoms with Crippen LogP contribution in [0, 0.1) is 40.4 Å². The zero-order valence-electron chi connectivity index (χ0n) is 21.1. The molecule has 3 fully saturated rings. The van der Waals surface area contributed by atoms with Gasteiger partial charge in [-0.15, -0.1) is 0 Å². The molecule has 0 aromatic carbocycles. The van der Waals surface area contributed by atoms with E-state index in [-0.39, 0.29) is 23.7 Å². The minimum absolute atomic E-state index is 0.0453. The average Bonchev–Trinajstić information content (AvgIpc) is 3.12. The number of aliphatic hydroxyl groups is 1. The number of methoxy groups -OCH3 is 2. The molecule has 184 valence electrons. The molecule has 5 nitrogen and oxygen atoms in total. The maximum atomic E-state index is 10.4. The van der Waals surface area contributed by atoms with Crippen LogP contribution in [0.5, 0.6) is 0 Å². The van der Waals surface area contributed by atoms with E-state index in [0.717, 1.165) is 18.8 Å². The smallest absolute Gasteiger partial charge is 0.146 e. The van der Waals surface area contributed by atoms with Crippen molar-refractivity contribution in [3.05, 3.63) is 11.6 Å². The second-order valence-electron chi connectivity index (χ2n) is 11.6. The lowest BCUT2D eigenvalue weighted by Gasteiger charge is -2.60. The maximum absolute atomic E-state index is 10.4. The van der Waals surface area contributed by atoms with Gasteiger partial charge in [0.25, 0.3) is 0 Å². The van der Waals surface area contributed by atoms with Crippen LogP contribution in [0.3, 0.4) is 0 Å². The molecule has 5 heteroatoms. The lowest BCUT2D eigenvalue weighted by Crippen LogP contribution is -2.56. The Morgan fingerprint density at radius 3 is 2.44 bits per heavy atom. The molecule has 0 heterocycles. The van der Waals surface area contributed by atoms with E-state index in [0.29, 0.717) is 42.7 Å². The minimum atomic E-state index is -0.224. The quantitative estimate of drug-likeness (QED) is 0.408. The molecule has 0 saturated heterocycles. The zero-order chi connectivity index (χ0) is 23.1. The molecule has 1 unspecified atom stereocenters. The van der Waals surface area contributed by atoms with Crippen molar-refractivity contribution >= 4 is 0 Å². The molecule has 0 radical (unpaired) electrons. The fraction of sp³-hybridized carbons (Fsp3) is 0.926. The predicted octanol–water partition coefficient (Wildman–Crippen LogP) is 5.17. The van der Waals surface area contributed by atoms with E-state index < -0.39 is 0 Å². The van der Waals surface area contributed by atoms with Gasteiger partial charge in [-0.2, -0.15) is 0 Å². The average molecular weight is 451 g/mol. The lowest BCUT2D eigenvalue weighted by atomic mass is 9.46. The van der Waals surface area contributed by atoms with Gasteiger partial charge < -0.3 is 24.1 Å². The summed E-state index contributed by atoms with van der Waals surface area (Å²) in [5.41, 5.74) is 1.92. The fourth-order valence-corrected chi connectivity index (χ4v) is 8.58. The van der Waals surface area contributed by atoms with E-state index in [2.05, 4.69) is 26.8 Å². The Morgan fingerprint density at radius 1 is 1.03 bits per heavy atom. The zero-order valence-corrected chi connectivity index (χ0v) is 21.1. The molecule has 10 atom stereocenters. The topological polar surface area (TPSA) is 57.2 Å². The van der Waals surface area contributed by atoms with Crippen LogP contribution >= 0.6 is 0 Å². The lowest BCUT2D eigenvalue weighted by molar-refractivity contribution is -0.180. The molecule has 0 aromatic heterocycles. The summed E-state index contributed by atoms with van der Waals surface area (Å²) in [5, 5.41) is 10.4. The summed E-state index contributed by atoms with van der Waals surface area (Å²) in [6.07, 6.45) is 10.7. The third-order valence-electron chi connectivity index (χ3n) is 10.4. The Morgan fingerprint density at radius 2 is 1.75 bits per heavy atom. The maximum Gasteiger partial charge on any atom is 0.146 e. The van der Waals surface area contributed by atoms with Crippen LogP contribution in [0.25, 0.3) is 0 Å². The van der Waals surface area contributed by atoms with E-state index in [1.54, 1.807) is 14.2 Å². The van der Waals surface area contributed by atoms with Gasteiger partial charge in [-0.05, 0) is 80.5 Å². The third kappa shape index (κ3) is 4.00. The number of fused-ring (bicyclic) bond motifs is 5. The molecular formula is C27H46O5. The molecule has 0 bridgehead atoms. The van der Waals surface area contributed by atoms with E-state index >= 15 is 0 Å². The minimum Gasteiger partial charge on any atom is -0.393 e. The van der Waals surface area contributed by atoms with Crippen LogP contribution in [-0.4, -0.2) is 51.2 Å². The number of aliphatic hydroxyl groups excluding tert-OH is 1. The van der Waals surface area contributed by atoms with Gasteiger partial charge in [0.05, 0.1) is 18.3 Å². The number of allylic oxidation sites excluding steroid dienone is 1. The summed E-state index contributed by atoms with van der Waals surface area (Å²) in [7, 11) is 3.39. The second-order valence-corrected chi connectivity index (χ2v) is 11.6. The highest BCUT2D eigenvalue weighted by Crippen LogP contribution is 2.67. The van der Waals surface area contributed by atoms with Crippen LogP contribution < -0.4 is 0 Å². The highest BCUT2D eigenvalue weighted by atomic mass is 16.7. The Kier molecular flexibility index (Phi) is 7.44. The van der Waals surface area contributed by atoms with Crippen molar-refractivity contribution in [3.63, 3.8) is 0 Å². The number of hydrogen-bond acceptors (Lipinski definition) is 5. The van der Waals surface area contributed by atoms with Crippen LogP contribution in [0.2, 0.25) is 0 Å². The Bertz CT molecular complexity index is 677. The molecule has 0 spiro atoms. The largest absolute Gasteiger partial charge is 0.393 e. The Hall–Kier alpha value is -0.460. The molecule has 1 N–H and O–H groups in total. The number of ether oxygens (including phenoxy) is 4. The van der Waals surface area contributed by atoms with Crippen molar-refractivity contribution < 1.29 is 24.1 Å². The van der Waals surface area contributed by atoms with E-state index in [9.17, 15) is 5.11 Å². The summed E-state index contributed by atoms with van der Waals surface area (Å²) >= 11 is 0. The molecule has 0 aliphatic heterocycles. The first kappa shape index (κ1) is 24.7. The molecule has 3 saturated carbocycles. The summed E-state index contributed by atoms with van der Waals surface area (Å²) in [5.74, 6) is 3.10. The van der Waals surface area contributed by atoms with Gasteiger partial charge in [0.2, 0.25) is 0 Å². The SMILES string of the molecule is COCO[C@@H]1CC2=CC[C@H]3[C@@H]4CC[C@H]([C@H](C)C(C)O)[C@@]4(C)CC[C@@H]3[C@@]2(C)[C@@H](OCOC)C1. The van der Waals surface area contributed by atoms with Crippen LogP contribution in [-0.2, 0) is 18.9 Å². The van der Waals surface area contributed by atoms with E-state index in [1.165, 1.54) is 37.7 Å².